The van der Waals surface area contributed by atoms with E-state index in [1.165, 1.54) is 25.0 Å². The van der Waals surface area contributed by atoms with Gasteiger partial charge in [-0.3, -0.25) is 4.79 Å². The van der Waals surface area contributed by atoms with E-state index >= 15 is 0 Å². The van der Waals surface area contributed by atoms with Gasteiger partial charge in [-0.2, -0.15) is 5.21 Å². The number of aromatic amines is 1. The van der Waals surface area contributed by atoms with Gasteiger partial charge in [-0.1, -0.05) is 0 Å². The number of aromatic nitrogens is 5. The molecule has 0 aromatic carbocycles. The number of likely N-dealkylation sites (tertiary alicyclic amines) is 1. The van der Waals surface area contributed by atoms with Crippen LogP contribution in [0.3, 0.4) is 0 Å². The predicted octanol–water partition coefficient (Wildman–Crippen LogP) is 1.81. The fourth-order valence-electron chi connectivity index (χ4n) is 5.53. The quantitative estimate of drug-likeness (QED) is 0.874. The van der Waals surface area contributed by atoms with Gasteiger partial charge in [-0.25, -0.2) is 0 Å². The summed E-state index contributed by atoms with van der Waals surface area (Å²) in [4.78, 5) is 17.9. The molecular formula is C20H29N7O. The standard InChI is InChI=1S/C20H29N7O/c1-25(2)15-7-6-13-11-26(12-14(13)9-15)20(28)18-10-16(19-21-23-24-22-19)17-5-3-4-8-27(17)18/h10,13-15H,3-9,11-12H2,1-2H3,(H,21,22,23,24). The lowest BCUT2D eigenvalue weighted by molar-refractivity contribution is 0.0771. The summed E-state index contributed by atoms with van der Waals surface area (Å²) in [7, 11) is 4.35. The van der Waals surface area contributed by atoms with Crippen LogP contribution in [-0.4, -0.2) is 74.1 Å². The predicted molar refractivity (Wildman–Crippen MR) is 105 cm³/mol. The van der Waals surface area contributed by atoms with Crippen molar-refractivity contribution in [2.75, 3.05) is 27.2 Å². The van der Waals surface area contributed by atoms with Crippen molar-refractivity contribution in [2.24, 2.45) is 11.8 Å². The zero-order chi connectivity index (χ0) is 19.3. The second kappa shape index (κ2) is 6.99. The molecule has 1 saturated carbocycles. The van der Waals surface area contributed by atoms with Crippen molar-refractivity contribution in [1.82, 2.24) is 35.0 Å². The first kappa shape index (κ1) is 17.8. The lowest BCUT2D eigenvalue weighted by Crippen LogP contribution is -2.36. The molecule has 2 fully saturated rings. The third kappa shape index (κ3) is 2.94. The molecule has 0 spiro atoms. The summed E-state index contributed by atoms with van der Waals surface area (Å²) in [5, 5.41) is 14.6. The molecule has 0 bridgehead atoms. The summed E-state index contributed by atoms with van der Waals surface area (Å²) in [5.41, 5.74) is 2.94. The van der Waals surface area contributed by atoms with Gasteiger partial charge in [0.15, 0.2) is 0 Å². The summed E-state index contributed by atoms with van der Waals surface area (Å²) in [6.45, 7) is 2.70. The van der Waals surface area contributed by atoms with E-state index in [1.807, 2.05) is 6.07 Å². The van der Waals surface area contributed by atoms with Crippen molar-refractivity contribution in [1.29, 1.82) is 0 Å². The second-order valence-electron chi connectivity index (χ2n) is 8.89. The van der Waals surface area contributed by atoms with Crippen molar-refractivity contribution in [2.45, 2.75) is 51.1 Å². The Balaban J connectivity index is 1.40. The third-order valence-corrected chi connectivity index (χ3v) is 7.10. The van der Waals surface area contributed by atoms with Gasteiger partial charge in [0.25, 0.3) is 5.91 Å². The highest BCUT2D eigenvalue weighted by Crippen LogP contribution is 2.39. The first-order valence-electron chi connectivity index (χ1n) is 10.5. The van der Waals surface area contributed by atoms with Crippen molar-refractivity contribution in [3.63, 3.8) is 0 Å². The van der Waals surface area contributed by atoms with E-state index in [9.17, 15) is 4.79 Å². The van der Waals surface area contributed by atoms with Crippen LogP contribution in [0.25, 0.3) is 11.4 Å². The van der Waals surface area contributed by atoms with Gasteiger partial charge in [0, 0.05) is 36.9 Å². The van der Waals surface area contributed by atoms with Gasteiger partial charge in [-0.15, -0.1) is 10.2 Å². The molecule has 3 unspecified atom stereocenters. The second-order valence-corrected chi connectivity index (χ2v) is 8.89. The maximum absolute atomic E-state index is 13.5. The Morgan fingerprint density at radius 1 is 1.21 bits per heavy atom. The molecule has 2 aliphatic heterocycles. The number of carbonyl (C=O) groups excluding carboxylic acids is 1. The van der Waals surface area contributed by atoms with Gasteiger partial charge in [-0.05, 0) is 75.7 Å². The third-order valence-electron chi connectivity index (χ3n) is 7.10. The Morgan fingerprint density at radius 2 is 2.07 bits per heavy atom. The summed E-state index contributed by atoms with van der Waals surface area (Å²) in [6, 6.07) is 2.65. The molecule has 5 rings (SSSR count). The van der Waals surface area contributed by atoms with Crippen LogP contribution in [0.4, 0.5) is 0 Å². The van der Waals surface area contributed by atoms with E-state index in [1.54, 1.807) is 0 Å². The van der Waals surface area contributed by atoms with Crippen LogP contribution in [0.5, 0.6) is 0 Å². The zero-order valence-corrected chi connectivity index (χ0v) is 16.8. The van der Waals surface area contributed by atoms with Crippen LogP contribution in [0.1, 0.15) is 48.3 Å². The first-order valence-corrected chi connectivity index (χ1v) is 10.5. The largest absolute Gasteiger partial charge is 0.340 e. The van der Waals surface area contributed by atoms with E-state index in [-0.39, 0.29) is 5.91 Å². The maximum atomic E-state index is 13.5. The zero-order valence-electron chi connectivity index (χ0n) is 16.8. The highest BCUT2D eigenvalue weighted by Gasteiger charge is 2.41. The van der Waals surface area contributed by atoms with E-state index in [2.05, 4.69) is 49.1 Å². The van der Waals surface area contributed by atoms with Crippen LogP contribution in [0.2, 0.25) is 0 Å². The van der Waals surface area contributed by atoms with Gasteiger partial charge < -0.3 is 14.4 Å². The fourth-order valence-corrected chi connectivity index (χ4v) is 5.53. The Labute approximate surface area is 165 Å². The molecule has 3 aliphatic rings. The SMILES string of the molecule is CN(C)C1CCC2CN(C(=O)c3cc(-c4nn[nH]n4)c4n3CCCC4)CC2C1. The molecule has 4 heterocycles. The van der Waals surface area contributed by atoms with Crippen molar-refractivity contribution in [3.05, 3.63) is 17.5 Å². The van der Waals surface area contributed by atoms with Crippen molar-refractivity contribution < 1.29 is 4.79 Å². The minimum atomic E-state index is 0.175. The van der Waals surface area contributed by atoms with E-state index in [4.69, 9.17) is 0 Å². The lowest BCUT2D eigenvalue weighted by Gasteiger charge is -2.34. The Morgan fingerprint density at radius 3 is 2.86 bits per heavy atom. The van der Waals surface area contributed by atoms with Gasteiger partial charge >= 0.3 is 0 Å². The average molecular weight is 384 g/mol. The molecular weight excluding hydrogens is 354 g/mol. The average Bonchev–Trinajstić information content (AvgIpc) is 3.43. The molecule has 150 valence electrons. The summed E-state index contributed by atoms with van der Waals surface area (Å²) in [6.07, 6.45) is 6.91. The van der Waals surface area contributed by atoms with Crippen molar-refractivity contribution in [3.8, 4) is 11.4 Å². The number of nitrogens with zero attached hydrogens (tertiary/aromatic N) is 6. The molecule has 2 aromatic rings. The lowest BCUT2D eigenvalue weighted by atomic mass is 9.79. The number of fused-ring (bicyclic) bond motifs is 2. The number of hydrogen-bond acceptors (Lipinski definition) is 5. The minimum Gasteiger partial charge on any atom is -0.340 e. The normalized spacial score (nSPS) is 27.1. The fraction of sp³-hybridized carbons (Fsp3) is 0.700. The first-order chi connectivity index (χ1) is 13.6. The highest BCUT2D eigenvalue weighted by atomic mass is 16.2. The van der Waals surface area contributed by atoms with Crippen LogP contribution in [0, 0.1) is 11.8 Å². The summed E-state index contributed by atoms with van der Waals surface area (Å²) >= 11 is 0. The molecule has 1 amide bonds. The monoisotopic (exact) mass is 383 g/mol. The Kier molecular flexibility index (Phi) is 4.45. The van der Waals surface area contributed by atoms with Gasteiger partial charge in [0.05, 0.1) is 0 Å². The van der Waals surface area contributed by atoms with Crippen LogP contribution >= 0.6 is 0 Å². The number of carbonyl (C=O) groups is 1. The molecule has 1 saturated heterocycles. The van der Waals surface area contributed by atoms with Crippen LogP contribution in [-0.2, 0) is 13.0 Å². The van der Waals surface area contributed by atoms with Crippen molar-refractivity contribution >= 4 is 5.91 Å². The molecule has 1 aliphatic carbocycles. The number of nitrogens with one attached hydrogen (secondary N) is 1. The van der Waals surface area contributed by atoms with E-state index in [0.29, 0.717) is 23.7 Å². The van der Waals surface area contributed by atoms with E-state index in [0.717, 1.165) is 50.2 Å². The summed E-state index contributed by atoms with van der Waals surface area (Å²) in [5.74, 6) is 2.06. The summed E-state index contributed by atoms with van der Waals surface area (Å²) < 4.78 is 2.21. The smallest absolute Gasteiger partial charge is 0.270 e. The number of H-pyrrole nitrogens is 1. The Hall–Kier alpha value is -2.22. The molecule has 28 heavy (non-hydrogen) atoms. The maximum Gasteiger partial charge on any atom is 0.270 e. The molecule has 0 radical (unpaired) electrons. The number of rotatable bonds is 3. The van der Waals surface area contributed by atoms with Crippen LogP contribution < -0.4 is 0 Å². The molecule has 8 heteroatoms. The molecule has 2 aromatic heterocycles. The minimum absolute atomic E-state index is 0.175. The highest BCUT2D eigenvalue weighted by molar-refractivity contribution is 5.95. The van der Waals surface area contributed by atoms with Gasteiger partial charge in [0.1, 0.15) is 5.69 Å². The molecule has 8 nitrogen and oxygen atoms in total. The number of hydrogen-bond donors (Lipinski definition) is 1. The molecule has 3 atom stereocenters. The topological polar surface area (TPSA) is 82.9 Å². The Bertz CT molecular complexity index is 856. The number of tetrazole rings is 1. The number of amides is 1. The molecule has 1 N–H and O–H groups in total. The van der Waals surface area contributed by atoms with E-state index < -0.39 is 0 Å². The van der Waals surface area contributed by atoms with Crippen LogP contribution in [0.15, 0.2) is 6.07 Å². The van der Waals surface area contributed by atoms with Gasteiger partial charge in [0.2, 0.25) is 5.82 Å².